The number of aliphatic hydroxyl groups is 1. The van der Waals surface area contributed by atoms with Gasteiger partial charge in [-0.1, -0.05) is 37.6 Å². The average molecular weight is 360 g/mol. The molecule has 0 saturated heterocycles. The molecule has 2 heterocycles. The Labute approximate surface area is 156 Å². The third-order valence-corrected chi connectivity index (χ3v) is 6.35. The Hall–Kier alpha value is -1.39. The first-order valence-electron chi connectivity index (χ1n) is 9.88. The summed E-state index contributed by atoms with van der Waals surface area (Å²) in [5.74, 6) is -0.705. The lowest BCUT2D eigenvalue weighted by Gasteiger charge is -2.39. The van der Waals surface area contributed by atoms with Crippen molar-refractivity contribution in [2.45, 2.75) is 65.3 Å². The smallest absolute Gasteiger partial charge is 0.339 e. The molecule has 0 fully saturated rings. The summed E-state index contributed by atoms with van der Waals surface area (Å²) >= 11 is 0. The molecule has 1 N–H and O–H groups in total. The van der Waals surface area contributed by atoms with Gasteiger partial charge in [-0.15, -0.1) is 0 Å². The summed E-state index contributed by atoms with van der Waals surface area (Å²) in [6.07, 6.45) is 10.6. The number of hydrogen-bond acceptors (Lipinski definition) is 4. The Bertz CT molecular complexity index is 659. The number of esters is 1. The monoisotopic (exact) mass is 360 g/mol. The fourth-order valence-corrected chi connectivity index (χ4v) is 4.78. The molecule has 4 heteroatoms. The van der Waals surface area contributed by atoms with E-state index in [4.69, 9.17) is 9.47 Å². The molecule has 5 atom stereocenters. The molecular weight excluding hydrogens is 328 g/mol. The van der Waals surface area contributed by atoms with Crippen molar-refractivity contribution in [1.82, 2.24) is 0 Å². The van der Waals surface area contributed by atoms with Crippen molar-refractivity contribution >= 4 is 5.97 Å². The molecule has 0 saturated carbocycles. The van der Waals surface area contributed by atoms with Crippen LogP contribution in [0.1, 0.15) is 53.9 Å². The molecule has 2 aliphatic heterocycles. The minimum Gasteiger partial charge on any atom is -0.462 e. The molecule has 2 bridgehead atoms. The number of ether oxygens (including phenoxy) is 2. The van der Waals surface area contributed by atoms with E-state index in [-0.39, 0.29) is 18.1 Å². The largest absolute Gasteiger partial charge is 0.462 e. The van der Waals surface area contributed by atoms with Gasteiger partial charge in [0.1, 0.15) is 0 Å². The molecule has 0 unspecified atom stereocenters. The third kappa shape index (κ3) is 3.41. The Morgan fingerprint density at radius 1 is 1.42 bits per heavy atom. The Kier molecular flexibility index (Phi) is 5.19. The van der Waals surface area contributed by atoms with E-state index in [9.17, 15) is 9.90 Å². The molecule has 144 valence electrons. The zero-order valence-corrected chi connectivity index (χ0v) is 16.6. The van der Waals surface area contributed by atoms with Crippen LogP contribution >= 0.6 is 0 Å². The van der Waals surface area contributed by atoms with Crippen molar-refractivity contribution in [2.24, 2.45) is 23.7 Å². The van der Waals surface area contributed by atoms with Crippen molar-refractivity contribution < 1.29 is 19.4 Å². The first-order chi connectivity index (χ1) is 12.2. The fraction of sp³-hybridized carbons (Fsp3) is 0.682. The van der Waals surface area contributed by atoms with E-state index in [1.54, 1.807) is 13.0 Å². The first kappa shape index (κ1) is 19.4. The van der Waals surface area contributed by atoms with Crippen LogP contribution < -0.4 is 0 Å². The number of rotatable bonds is 3. The van der Waals surface area contributed by atoms with E-state index >= 15 is 0 Å². The van der Waals surface area contributed by atoms with Gasteiger partial charge in [-0.3, -0.25) is 0 Å². The molecule has 3 rings (SSSR count). The second-order valence-corrected chi connectivity index (χ2v) is 8.56. The average Bonchev–Trinajstić information content (AvgIpc) is 2.89. The van der Waals surface area contributed by atoms with Crippen molar-refractivity contribution in [3.05, 3.63) is 35.5 Å². The maximum absolute atomic E-state index is 12.7. The highest BCUT2D eigenvalue weighted by Crippen LogP contribution is 2.48. The zero-order chi connectivity index (χ0) is 19.1. The van der Waals surface area contributed by atoms with E-state index < -0.39 is 17.4 Å². The van der Waals surface area contributed by atoms with Gasteiger partial charge in [0.05, 0.1) is 17.8 Å². The van der Waals surface area contributed by atoms with Gasteiger partial charge in [0.25, 0.3) is 0 Å². The van der Waals surface area contributed by atoms with Gasteiger partial charge in [-0.2, -0.15) is 0 Å². The van der Waals surface area contributed by atoms with Gasteiger partial charge >= 0.3 is 5.97 Å². The highest BCUT2D eigenvalue weighted by Gasteiger charge is 2.49. The van der Waals surface area contributed by atoms with Crippen molar-refractivity contribution in [1.29, 1.82) is 0 Å². The van der Waals surface area contributed by atoms with Crippen LogP contribution in [-0.2, 0) is 14.3 Å². The van der Waals surface area contributed by atoms with Crippen molar-refractivity contribution in [3.63, 3.8) is 0 Å². The van der Waals surface area contributed by atoms with Gasteiger partial charge in [0.2, 0.25) is 5.79 Å². The fourth-order valence-electron chi connectivity index (χ4n) is 4.78. The SMILES string of the molecule is CCOC(=O)/C1=C/[C@H]2[C@@H](C(C)C)CC=C(C)[C@@H]2CC[C@@]2(C)C=C[C@@]1(O)O2. The van der Waals surface area contributed by atoms with Gasteiger partial charge in [0.15, 0.2) is 0 Å². The van der Waals surface area contributed by atoms with Crippen LogP contribution in [0.3, 0.4) is 0 Å². The first-order valence-corrected chi connectivity index (χ1v) is 9.88. The number of allylic oxidation sites excluding steroid dienone is 3. The predicted molar refractivity (Wildman–Crippen MR) is 101 cm³/mol. The summed E-state index contributed by atoms with van der Waals surface area (Å²) in [6.45, 7) is 10.7. The molecule has 0 aromatic rings. The van der Waals surface area contributed by atoms with Gasteiger partial charge in [0, 0.05) is 0 Å². The summed E-state index contributed by atoms with van der Waals surface area (Å²) in [5.41, 5.74) is 1.04. The van der Waals surface area contributed by atoms with Crippen LogP contribution in [0, 0.1) is 23.7 Å². The minimum atomic E-state index is -1.70. The van der Waals surface area contributed by atoms with Gasteiger partial charge in [-0.05, 0) is 69.8 Å². The summed E-state index contributed by atoms with van der Waals surface area (Å²) in [6, 6.07) is 0. The lowest BCUT2D eigenvalue weighted by molar-refractivity contribution is -0.187. The highest BCUT2D eigenvalue weighted by molar-refractivity contribution is 5.91. The molecule has 0 aromatic carbocycles. The second kappa shape index (κ2) is 6.97. The molecule has 0 aromatic heterocycles. The van der Waals surface area contributed by atoms with Gasteiger partial charge < -0.3 is 14.6 Å². The lowest BCUT2D eigenvalue weighted by Crippen LogP contribution is -2.39. The molecule has 0 amide bonds. The summed E-state index contributed by atoms with van der Waals surface area (Å²) in [4.78, 5) is 12.7. The lowest BCUT2D eigenvalue weighted by atomic mass is 9.65. The van der Waals surface area contributed by atoms with Crippen LogP contribution in [0.5, 0.6) is 0 Å². The van der Waals surface area contributed by atoms with E-state index in [0.29, 0.717) is 17.8 Å². The number of carbonyl (C=O) groups is 1. The predicted octanol–water partition coefficient (Wildman–Crippen LogP) is 4.16. The Morgan fingerprint density at radius 2 is 2.15 bits per heavy atom. The van der Waals surface area contributed by atoms with Crippen LogP contribution in [0.25, 0.3) is 0 Å². The van der Waals surface area contributed by atoms with Gasteiger partial charge in [-0.25, -0.2) is 4.79 Å². The maximum Gasteiger partial charge on any atom is 0.339 e. The van der Waals surface area contributed by atoms with E-state index in [1.165, 1.54) is 5.57 Å². The van der Waals surface area contributed by atoms with E-state index in [0.717, 1.165) is 19.3 Å². The standard InChI is InChI=1S/C22H32O4/c1-6-25-20(23)19-13-18-16(14(2)3)8-7-15(4)17(18)9-10-21(5)11-12-22(19,24)26-21/h7,11-14,16-18,24H,6,8-10H2,1-5H3/b19-13-/t16-,17+,18+,21+,22-/m1/s1. The van der Waals surface area contributed by atoms with Crippen LogP contribution in [0.4, 0.5) is 0 Å². The topological polar surface area (TPSA) is 55.8 Å². The molecule has 0 radical (unpaired) electrons. The van der Waals surface area contributed by atoms with Crippen LogP contribution in [0.15, 0.2) is 35.5 Å². The van der Waals surface area contributed by atoms with Crippen LogP contribution in [0.2, 0.25) is 0 Å². The molecule has 1 aliphatic carbocycles. The summed E-state index contributed by atoms with van der Waals surface area (Å²) in [5, 5.41) is 11.2. The van der Waals surface area contributed by atoms with Crippen molar-refractivity contribution in [2.75, 3.05) is 6.61 Å². The Balaban J connectivity index is 2.12. The summed E-state index contributed by atoms with van der Waals surface area (Å²) in [7, 11) is 0. The second-order valence-electron chi connectivity index (χ2n) is 8.56. The number of hydrogen-bond donors (Lipinski definition) is 1. The highest BCUT2D eigenvalue weighted by atomic mass is 16.6. The number of fused-ring (bicyclic) bond motifs is 3. The van der Waals surface area contributed by atoms with E-state index in [1.807, 2.05) is 19.1 Å². The van der Waals surface area contributed by atoms with Crippen LogP contribution in [-0.4, -0.2) is 29.1 Å². The minimum absolute atomic E-state index is 0.198. The normalized spacial score (nSPS) is 41.4. The maximum atomic E-state index is 12.7. The summed E-state index contributed by atoms with van der Waals surface area (Å²) < 4.78 is 11.3. The molecule has 26 heavy (non-hydrogen) atoms. The third-order valence-electron chi connectivity index (χ3n) is 6.35. The zero-order valence-electron chi connectivity index (χ0n) is 16.6. The molecule has 4 nitrogen and oxygen atoms in total. The Morgan fingerprint density at radius 3 is 2.81 bits per heavy atom. The molecule has 0 spiro atoms. The van der Waals surface area contributed by atoms with Crippen molar-refractivity contribution in [3.8, 4) is 0 Å². The number of carbonyl (C=O) groups excluding carboxylic acids is 1. The molecule has 3 aliphatic rings. The van der Waals surface area contributed by atoms with E-state index in [2.05, 4.69) is 26.8 Å². The quantitative estimate of drug-likeness (QED) is 0.606. The molecular formula is C22H32O4.